The van der Waals surface area contributed by atoms with Crippen molar-refractivity contribution in [2.75, 3.05) is 11.5 Å². The molecule has 0 aromatic rings. The summed E-state index contributed by atoms with van der Waals surface area (Å²) < 4.78 is 0.903. The van der Waals surface area contributed by atoms with Gasteiger partial charge in [-0.05, 0) is 0 Å². The van der Waals surface area contributed by atoms with E-state index in [0.29, 0.717) is 11.9 Å². The first-order valence-corrected chi connectivity index (χ1v) is 6.44. The van der Waals surface area contributed by atoms with Gasteiger partial charge in [0.15, 0.2) is 12.1 Å². The van der Waals surface area contributed by atoms with E-state index in [1.54, 1.807) is 23.5 Å². The molecule has 0 bridgehead atoms. The average Bonchev–Trinajstić information content (AvgIpc) is 2.57. The minimum Gasteiger partial charge on any atom is -0.298 e. The molecular formula is C10H14O2S2. The minimum atomic E-state index is -0.465. The summed E-state index contributed by atoms with van der Waals surface area (Å²) in [5, 5.41) is 0. The zero-order valence-electron chi connectivity index (χ0n) is 8.62. The van der Waals surface area contributed by atoms with E-state index in [1.165, 1.54) is 0 Å². The lowest BCUT2D eigenvalue weighted by Gasteiger charge is -2.16. The number of thioether (sulfide) groups is 2. The lowest BCUT2D eigenvalue weighted by molar-refractivity contribution is -0.123. The Morgan fingerprint density at radius 1 is 1.29 bits per heavy atom. The molecule has 1 heterocycles. The average molecular weight is 230 g/mol. The van der Waals surface area contributed by atoms with Crippen LogP contribution in [0.5, 0.6) is 0 Å². The molecule has 1 fully saturated rings. The lowest BCUT2D eigenvalue weighted by Crippen LogP contribution is -2.23. The lowest BCUT2D eigenvalue weighted by atomic mass is 9.87. The molecular weight excluding hydrogens is 216 g/mol. The number of carbonyl (C=O) groups excluding carboxylic acids is 2. The molecule has 0 N–H and O–H groups in total. The summed E-state index contributed by atoms with van der Waals surface area (Å²) in [6.07, 6.45) is 0.703. The summed E-state index contributed by atoms with van der Waals surface area (Å²) in [5.74, 6) is 1.94. The van der Waals surface area contributed by atoms with E-state index in [4.69, 9.17) is 0 Å². The zero-order valence-corrected chi connectivity index (χ0v) is 10.3. The fourth-order valence-electron chi connectivity index (χ4n) is 1.06. The van der Waals surface area contributed by atoms with Crippen molar-refractivity contribution in [1.82, 2.24) is 0 Å². The van der Waals surface area contributed by atoms with Crippen molar-refractivity contribution in [2.45, 2.75) is 20.8 Å². The van der Waals surface area contributed by atoms with Crippen LogP contribution in [0.4, 0.5) is 0 Å². The van der Waals surface area contributed by atoms with Gasteiger partial charge in [-0.1, -0.05) is 20.8 Å². The minimum absolute atomic E-state index is 0.0515. The van der Waals surface area contributed by atoms with Crippen LogP contribution in [-0.4, -0.2) is 23.6 Å². The summed E-state index contributed by atoms with van der Waals surface area (Å²) in [6.45, 7) is 5.51. The Hall–Kier alpha value is -0.220. The highest BCUT2D eigenvalue weighted by atomic mass is 32.2. The van der Waals surface area contributed by atoms with Gasteiger partial charge >= 0.3 is 0 Å². The number of aldehydes is 1. The highest BCUT2D eigenvalue weighted by Crippen LogP contribution is 2.39. The first-order valence-electron chi connectivity index (χ1n) is 4.46. The van der Waals surface area contributed by atoms with Crippen LogP contribution >= 0.6 is 23.5 Å². The summed E-state index contributed by atoms with van der Waals surface area (Å²) in [6, 6.07) is 0. The highest BCUT2D eigenvalue weighted by Gasteiger charge is 2.28. The standard InChI is InChI=1S/C10H14O2S2/c1-10(2,3)8(12)7(6-11)9-13-4-5-14-9/h6H,4-5H2,1-3H3. The van der Waals surface area contributed by atoms with Crippen molar-refractivity contribution in [2.24, 2.45) is 5.41 Å². The molecule has 2 nitrogen and oxygen atoms in total. The number of rotatable bonds is 2. The molecule has 0 unspecified atom stereocenters. The molecule has 1 rings (SSSR count). The Balaban J connectivity index is 2.97. The first kappa shape index (κ1) is 11.9. The van der Waals surface area contributed by atoms with Crippen LogP contribution in [0.3, 0.4) is 0 Å². The van der Waals surface area contributed by atoms with E-state index in [1.807, 2.05) is 20.8 Å². The van der Waals surface area contributed by atoms with Gasteiger partial charge in [0.2, 0.25) is 0 Å². The van der Waals surface area contributed by atoms with Crippen LogP contribution in [0.1, 0.15) is 20.8 Å². The van der Waals surface area contributed by atoms with E-state index in [-0.39, 0.29) is 5.78 Å². The number of allylic oxidation sites excluding steroid dienone is 1. The summed E-state index contributed by atoms with van der Waals surface area (Å²) in [7, 11) is 0. The van der Waals surface area contributed by atoms with Crippen molar-refractivity contribution in [1.29, 1.82) is 0 Å². The predicted molar refractivity (Wildman–Crippen MR) is 62.5 cm³/mol. The van der Waals surface area contributed by atoms with E-state index in [2.05, 4.69) is 0 Å². The molecule has 1 aliphatic rings. The smallest absolute Gasteiger partial charge is 0.173 e. The maximum Gasteiger partial charge on any atom is 0.173 e. The van der Waals surface area contributed by atoms with Gasteiger partial charge in [-0.15, -0.1) is 23.5 Å². The monoisotopic (exact) mass is 230 g/mol. The van der Waals surface area contributed by atoms with Crippen molar-refractivity contribution >= 4 is 35.6 Å². The van der Waals surface area contributed by atoms with E-state index >= 15 is 0 Å². The second kappa shape index (κ2) is 4.53. The highest BCUT2D eigenvalue weighted by molar-refractivity contribution is 8.25. The van der Waals surface area contributed by atoms with Crippen LogP contribution in [-0.2, 0) is 9.59 Å². The Bertz CT molecular complexity index is 279. The topological polar surface area (TPSA) is 34.1 Å². The van der Waals surface area contributed by atoms with Crippen molar-refractivity contribution in [3.05, 3.63) is 9.81 Å². The fraction of sp³-hybridized carbons (Fsp3) is 0.600. The maximum atomic E-state index is 11.9. The van der Waals surface area contributed by atoms with Crippen LogP contribution in [0.15, 0.2) is 9.81 Å². The third kappa shape index (κ3) is 2.64. The van der Waals surface area contributed by atoms with Crippen LogP contribution < -0.4 is 0 Å². The van der Waals surface area contributed by atoms with Crippen LogP contribution in [0, 0.1) is 5.41 Å². The number of hydrogen-bond acceptors (Lipinski definition) is 4. The maximum absolute atomic E-state index is 11.9. The van der Waals surface area contributed by atoms with Gasteiger partial charge in [-0.3, -0.25) is 9.59 Å². The zero-order chi connectivity index (χ0) is 10.8. The molecule has 1 aliphatic heterocycles. The SMILES string of the molecule is CC(C)(C)C(=O)C(C=O)=C1SCCS1. The van der Waals surface area contributed by atoms with Crippen molar-refractivity contribution in [3.63, 3.8) is 0 Å². The molecule has 0 atom stereocenters. The summed E-state index contributed by atoms with van der Waals surface area (Å²) in [5.41, 5.74) is -0.0996. The van der Waals surface area contributed by atoms with Gasteiger partial charge in [0.25, 0.3) is 0 Å². The third-order valence-corrected chi connectivity index (χ3v) is 4.56. The number of carbonyl (C=O) groups is 2. The fourth-order valence-corrected chi connectivity index (χ4v) is 3.53. The van der Waals surface area contributed by atoms with Crippen LogP contribution in [0.25, 0.3) is 0 Å². The number of hydrogen-bond donors (Lipinski definition) is 0. The Morgan fingerprint density at radius 2 is 1.79 bits per heavy atom. The van der Waals surface area contributed by atoms with Gasteiger partial charge in [0.1, 0.15) is 0 Å². The van der Waals surface area contributed by atoms with Gasteiger partial charge in [0.05, 0.1) is 9.81 Å². The molecule has 1 saturated heterocycles. The summed E-state index contributed by atoms with van der Waals surface area (Å²) >= 11 is 3.22. The van der Waals surface area contributed by atoms with Crippen LogP contribution in [0.2, 0.25) is 0 Å². The second-order valence-electron chi connectivity index (χ2n) is 4.10. The predicted octanol–water partition coefficient (Wildman–Crippen LogP) is 2.49. The van der Waals surface area contributed by atoms with E-state index in [0.717, 1.165) is 15.7 Å². The Kier molecular flexibility index (Phi) is 3.84. The first-order chi connectivity index (χ1) is 6.46. The molecule has 0 aliphatic carbocycles. The molecule has 0 aromatic heterocycles. The normalized spacial score (nSPS) is 16.9. The molecule has 0 radical (unpaired) electrons. The molecule has 0 spiro atoms. The number of Topliss-reactive ketones (excluding diaryl/α,β-unsaturated/α-hetero) is 1. The van der Waals surface area contributed by atoms with Gasteiger partial charge in [-0.25, -0.2) is 0 Å². The molecule has 0 aromatic carbocycles. The van der Waals surface area contributed by atoms with Gasteiger partial charge in [-0.2, -0.15) is 0 Å². The molecule has 14 heavy (non-hydrogen) atoms. The van der Waals surface area contributed by atoms with Gasteiger partial charge in [0, 0.05) is 16.9 Å². The molecule has 4 heteroatoms. The summed E-state index contributed by atoms with van der Waals surface area (Å²) in [4.78, 5) is 22.7. The quantitative estimate of drug-likeness (QED) is 0.316. The molecule has 0 saturated carbocycles. The second-order valence-corrected chi connectivity index (χ2v) is 6.56. The largest absolute Gasteiger partial charge is 0.298 e. The van der Waals surface area contributed by atoms with E-state index < -0.39 is 5.41 Å². The molecule has 78 valence electrons. The Morgan fingerprint density at radius 3 is 2.14 bits per heavy atom. The number of ketones is 1. The van der Waals surface area contributed by atoms with Gasteiger partial charge < -0.3 is 0 Å². The van der Waals surface area contributed by atoms with Crippen molar-refractivity contribution < 1.29 is 9.59 Å². The third-order valence-electron chi connectivity index (χ3n) is 1.81. The molecule has 0 amide bonds. The van der Waals surface area contributed by atoms with E-state index in [9.17, 15) is 9.59 Å². The Labute approximate surface area is 92.9 Å². The van der Waals surface area contributed by atoms with Crippen molar-refractivity contribution in [3.8, 4) is 0 Å².